The van der Waals surface area contributed by atoms with Gasteiger partial charge in [-0.15, -0.1) is 0 Å². The van der Waals surface area contributed by atoms with Gasteiger partial charge in [0.1, 0.15) is 5.82 Å². The van der Waals surface area contributed by atoms with Crippen LogP contribution >= 0.6 is 11.6 Å². The Morgan fingerprint density at radius 1 is 1.44 bits per heavy atom. The Balaban J connectivity index is 1.94. The third-order valence-corrected chi connectivity index (χ3v) is 3.52. The molecule has 0 saturated heterocycles. The zero-order valence-electron chi connectivity index (χ0n) is 10.4. The highest BCUT2D eigenvalue weighted by atomic mass is 35.5. The number of hydrogen-bond donors (Lipinski definition) is 1. The number of nitrogens with zero attached hydrogens (tertiary/aromatic N) is 2. The van der Waals surface area contributed by atoms with Crippen LogP contribution in [0.25, 0.3) is 5.69 Å². The van der Waals surface area contributed by atoms with Crippen LogP contribution in [0.4, 0.5) is 0 Å². The highest BCUT2D eigenvalue weighted by molar-refractivity contribution is 6.30. The monoisotopic (exact) mass is 261 g/mol. The van der Waals surface area contributed by atoms with E-state index in [9.17, 15) is 0 Å². The minimum atomic E-state index is 0.695. The van der Waals surface area contributed by atoms with Crippen molar-refractivity contribution in [3.63, 3.8) is 0 Å². The smallest absolute Gasteiger partial charge is 0.110 e. The standard InChI is InChI=1S/C14H16ClN3/c1-10-16-6-7-18(10)14-5-2-12(15)8-11(14)9-17-13-3-4-13/h2,5-8,13,17H,3-4,9H2,1H3. The van der Waals surface area contributed by atoms with Crippen LogP contribution in [0.15, 0.2) is 30.6 Å². The van der Waals surface area contributed by atoms with Crippen molar-refractivity contribution in [2.75, 3.05) is 0 Å². The summed E-state index contributed by atoms with van der Waals surface area (Å²) < 4.78 is 2.10. The van der Waals surface area contributed by atoms with Crippen molar-refractivity contribution in [2.24, 2.45) is 0 Å². The Labute approximate surface area is 112 Å². The number of benzene rings is 1. The van der Waals surface area contributed by atoms with Crippen molar-refractivity contribution in [1.29, 1.82) is 0 Å². The normalized spacial score (nSPS) is 15.0. The lowest BCUT2D eigenvalue weighted by molar-refractivity contribution is 0.684. The fourth-order valence-electron chi connectivity index (χ4n) is 2.10. The minimum absolute atomic E-state index is 0.695. The van der Waals surface area contributed by atoms with Crippen LogP contribution in [0.2, 0.25) is 5.02 Å². The van der Waals surface area contributed by atoms with E-state index in [1.165, 1.54) is 18.4 Å². The Bertz CT molecular complexity index is 558. The van der Waals surface area contributed by atoms with E-state index in [4.69, 9.17) is 11.6 Å². The van der Waals surface area contributed by atoms with Gasteiger partial charge in [-0.05, 0) is 43.5 Å². The van der Waals surface area contributed by atoms with Crippen LogP contribution in [0.5, 0.6) is 0 Å². The van der Waals surface area contributed by atoms with Gasteiger partial charge in [-0.25, -0.2) is 4.98 Å². The molecule has 18 heavy (non-hydrogen) atoms. The maximum atomic E-state index is 6.10. The zero-order chi connectivity index (χ0) is 12.5. The first-order valence-electron chi connectivity index (χ1n) is 6.26. The number of aryl methyl sites for hydroxylation is 1. The van der Waals surface area contributed by atoms with Crippen LogP contribution < -0.4 is 5.32 Å². The average Bonchev–Trinajstić information content (AvgIpc) is 3.09. The second kappa shape index (κ2) is 4.75. The number of aromatic nitrogens is 2. The van der Waals surface area contributed by atoms with Crippen LogP contribution in [0.1, 0.15) is 24.2 Å². The van der Waals surface area contributed by atoms with E-state index in [1.54, 1.807) is 0 Å². The summed E-state index contributed by atoms with van der Waals surface area (Å²) in [5.41, 5.74) is 2.37. The molecule has 0 unspecified atom stereocenters. The lowest BCUT2D eigenvalue weighted by Gasteiger charge is -2.13. The largest absolute Gasteiger partial charge is 0.310 e. The van der Waals surface area contributed by atoms with Gasteiger partial charge < -0.3 is 9.88 Å². The summed E-state index contributed by atoms with van der Waals surface area (Å²) >= 11 is 6.10. The molecular weight excluding hydrogens is 246 g/mol. The molecule has 3 nitrogen and oxygen atoms in total. The number of nitrogens with one attached hydrogen (secondary N) is 1. The van der Waals surface area contributed by atoms with E-state index in [2.05, 4.69) is 20.9 Å². The van der Waals surface area contributed by atoms with E-state index >= 15 is 0 Å². The highest BCUT2D eigenvalue weighted by Gasteiger charge is 2.20. The van der Waals surface area contributed by atoms with Gasteiger partial charge in [0.05, 0.1) is 5.69 Å². The molecular formula is C14H16ClN3. The molecule has 1 N–H and O–H groups in total. The molecule has 0 radical (unpaired) electrons. The second-order valence-corrected chi connectivity index (χ2v) is 5.21. The maximum absolute atomic E-state index is 6.10. The summed E-state index contributed by atoms with van der Waals surface area (Å²) in [6.45, 7) is 2.87. The topological polar surface area (TPSA) is 29.9 Å². The number of halogens is 1. The van der Waals surface area contributed by atoms with Crippen LogP contribution in [-0.4, -0.2) is 15.6 Å². The number of imidazole rings is 1. The average molecular weight is 262 g/mol. The summed E-state index contributed by atoms with van der Waals surface area (Å²) in [5.74, 6) is 0.991. The van der Waals surface area contributed by atoms with Crippen molar-refractivity contribution in [1.82, 2.24) is 14.9 Å². The Hall–Kier alpha value is -1.32. The lowest BCUT2D eigenvalue weighted by atomic mass is 10.1. The maximum Gasteiger partial charge on any atom is 0.110 e. The predicted molar refractivity (Wildman–Crippen MR) is 73.2 cm³/mol. The SMILES string of the molecule is Cc1nccn1-c1ccc(Cl)cc1CNC1CC1. The van der Waals surface area contributed by atoms with Gasteiger partial charge in [-0.1, -0.05) is 11.6 Å². The molecule has 0 amide bonds. The molecule has 1 fully saturated rings. The summed E-state index contributed by atoms with van der Waals surface area (Å²) in [5, 5.41) is 4.31. The third kappa shape index (κ3) is 2.42. The van der Waals surface area contributed by atoms with Gasteiger partial charge in [-0.2, -0.15) is 0 Å². The third-order valence-electron chi connectivity index (χ3n) is 3.29. The Kier molecular flexibility index (Phi) is 3.10. The van der Waals surface area contributed by atoms with E-state index in [0.717, 1.165) is 23.1 Å². The molecule has 0 bridgehead atoms. The Morgan fingerprint density at radius 2 is 2.28 bits per heavy atom. The van der Waals surface area contributed by atoms with Gasteiger partial charge in [-0.3, -0.25) is 0 Å². The molecule has 1 aromatic carbocycles. The molecule has 0 aliphatic heterocycles. The zero-order valence-corrected chi connectivity index (χ0v) is 11.1. The molecule has 3 rings (SSSR count). The van der Waals surface area contributed by atoms with Gasteiger partial charge >= 0.3 is 0 Å². The molecule has 2 aromatic rings. The van der Waals surface area contributed by atoms with E-state index in [-0.39, 0.29) is 0 Å². The molecule has 1 saturated carbocycles. The van der Waals surface area contributed by atoms with Crippen LogP contribution in [0, 0.1) is 6.92 Å². The summed E-state index contributed by atoms with van der Waals surface area (Å²) in [6, 6.07) is 6.71. The lowest BCUT2D eigenvalue weighted by Crippen LogP contribution is -2.17. The van der Waals surface area contributed by atoms with E-state index < -0.39 is 0 Å². The first-order valence-corrected chi connectivity index (χ1v) is 6.64. The Morgan fingerprint density at radius 3 is 2.94 bits per heavy atom. The first kappa shape index (κ1) is 11.8. The van der Waals surface area contributed by atoms with Crippen molar-refractivity contribution >= 4 is 11.6 Å². The quantitative estimate of drug-likeness (QED) is 0.917. The summed E-state index contributed by atoms with van der Waals surface area (Å²) in [6.07, 6.45) is 6.39. The molecule has 1 heterocycles. The molecule has 4 heteroatoms. The molecule has 0 spiro atoms. The van der Waals surface area contributed by atoms with Gasteiger partial charge in [0.25, 0.3) is 0 Å². The van der Waals surface area contributed by atoms with Gasteiger partial charge in [0, 0.05) is 30.0 Å². The van der Waals surface area contributed by atoms with Gasteiger partial charge in [0.15, 0.2) is 0 Å². The van der Waals surface area contributed by atoms with E-state index in [1.807, 2.05) is 31.5 Å². The van der Waals surface area contributed by atoms with Crippen molar-refractivity contribution in [2.45, 2.75) is 32.4 Å². The van der Waals surface area contributed by atoms with Crippen molar-refractivity contribution in [3.8, 4) is 5.69 Å². The van der Waals surface area contributed by atoms with E-state index in [0.29, 0.717) is 6.04 Å². The second-order valence-electron chi connectivity index (χ2n) is 4.77. The molecule has 94 valence electrons. The highest BCUT2D eigenvalue weighted by Crippen LogP contribution is 2.23. The molecule has 1 aliphatic rings. The van der Waals surface area contributed by atoms with Gasteiger partial charge in [0.2, 0.25) is 0 Å². The summed E-state index contributed by atoms with van der Waals surface area (Å²) in [4.78, 5) is 4.27. The molecule has 1 aromatic heterocycles. The van der Waals surface area contributed by atoms with Crippen LogP contribution in [-0.2, 0) is 6.54 Å². The number of rotatable bonds is 4. The predicted octanol–water partition coefficient (Wildman–Crippen LogP) is 3.09. The van der Waals surface area contributed by atoms with Crippen molar-refractivity contribution in [3.05, 3.63) is 47.0 Å². The number of hydrogen-bond acceptors (Lipinski definition) is 2. The molecule has 0 atom stereocenters. The minimum Gasteiger partial charge on any atom is -0.310 e. The molecule has 1 aliphatic carbocycles. The first-order chi connectivity index (χ1) is 8.74. The van der Waals surface area contributed by atoms with Crippen LogP contribution in [0.3, 0.4) is 0 Å². The fraction of sp³-hybridized carbons (Fsp3) is 0.357. The van der Waals surface area contributed by atoms with Crippen molar-refractivity contribution < 1.29 is 0 Å². The summed E-state index contributed by atoms with van der Waals surface area (Å²) in [7, 11) is 0. The fourth-order valence-corrected chi connectivity index (χ4v) is 2.30.